The summed E-state index contributed by atoms with van der Waals surface area (Å²) in [6.45, 7) is 6.22. The average molecular weight is 293 g/mol. The third-order valence-corrected chi connectivity index (χ3v) is 3.20. The molecule has 1 N–H and O–H groups in total. The zero-order chi connectivity index (χ0) is 15.5. The molecule has 21 heavy (non-hydrogen) atoms. The monoisotopic (exact) mass is 293 g/mol. The topological polar surface area (TPSA) is 59.0 Å². The summed E-state index contributed by atoms with van der Waals surface area (Å²) in [5.41, 5.74) is -0.528. The number of nitrogens with zero attached hydrogens (tertiary/aromatic N) is 1. The third kappa shape index (κ3) is 4.63. The van der Waals surface area contributed by atoms with Crippen LogP contribution in [0.4, 0.5) is 4.79 Å². The van der Waals surface area contributed by atoms with Crippen LogP contribution in [0.2, 0.25) is 0 Å². The van der Waals surface area contributed by atoms with E-state index >= 15 is 0 Å². The van der Waals surface area contributed by atoms with Crippen LogP contribution in [0.1, 0.15) is 27.2 Å². The maximum absolute atomic E-state index is 12.0. The number of aliphatic hydroxyl groups is 1. The highest BCUT2D eigenvalue weighted by Crippen LogP contribution is 2.20. The molecular weight excluding hydrogens is 270 g/mol. The Morgan fingerprint density at radius 2 is 1.95 bits per heavy atom. The molecule has 1 aromatic rings. The minimum atomic E-state index is -0.716. The highest BCUT2D eigenvalue weighted by Gasteiger charge is 2.33. The van der Waals surface area contributed by atoms with Gasteiger partial charge < -0.3 is 19.5 Å². The highest BCUT2D eigenvalue weighted by atomic mass is 16.6. The van der Waals surface area contributed by atoms with E-state index in [0.29, 0.717) is 13.0 Å². The van der Waals surface area contributed by atoms with Crippen LogP contribution < -0.4 is 4.74 Å². The van der Waals surface area contributed by atoms with Gasteiger partial charge in [-0.25, -0.2) is 4.79 Å². The van der Waals surface area contributed by atoms with Gasteiger partial charge in [-0.15, -0.1) is 0 Å². The number of β-amino-alcohol motifs (C(OH)–C–C–N with tert-alkyl or cyclic N) is 1. The molecule has 0 aromatic heterocycles. The molecule has 2 rings (SSSR count). The summed E-state index contributed by atoms with van der Waals surface area (Å²) in [5.74, 6) is 0.729. The Morgan fingerprint density at radius 3 is 2.52 bits per heavy atom. The second-order valence-corrected chi connectivity index (χ2v) is 6.25. The zero-order valence-corrected chi connectivity index (χ0v) is 12.8. The molecule has 2 atom stereocenters. The van der Waals surface area contributed by atoms with Gasteiger partial charge in [-0.05, 0) is 32.9 Å². The quantitative estimate of drug-likeness (QED) is 0.910. The summed E-state index contributed by atoms with van der Waals surface area (Å²) >= 11 is 0. The second-order valence-electron chi connectivity index (χ2n) is 6.25. The lowest BCUT2D eigenvalue weighted by Gasteiger charge is -2.36. The largest absolute Gasteiger partial charge is 0.488 e. The van der Waals surface area contributed by atoms with Crippen molar-refractivity contribution in [3.63, 3.8) is 0 Å². The van der Waals surface area contributed by atoms with Gasteiger partial charge in [0.05, 0.1) is 6.54 Å². The number of rotatable bonds is 2. The lowest BCUT2D eigenvalue weighted by molar-refractivity contribution is -0.0374. The van der Waals surface area contributed by atoms with Crippen molar-refractivity contribution >= 4 is 6.09 Å². The van der Waals surface area contributed by atoms with E-state index in [1.165, 1.54) is 4.90 Å². The van der Waals surface area contributed by atoms with Gasteiger partial charge in [-0.2, -0.15) is 0 Å². The van der Waals surface area contributed by atoms with Crippen LogP contribution in [0.15, 0.2) is 30.3 Å². The summed E-state index contributed by atoms with van der Waals surface area (Å²) < 4.78 is 11.1. The predicted octanol–water partition coefficient (Wildman–Crippen LogP) is 2.44. The zero-order valence-electron chi connectivity index (χ0n) is 12.8. The minimum Gasteiger partial charge on any atom is -0.488 e. The first kappa shape index (κ1) is 15.6. The first-order valence-corrected chi connectivity index (χ1v) is 7.23. The van der Waals surface area contributed by atoms with E-state index in [1.807, 2.05) is 51.1 Å². The fourth-order valence-electron chi connectivity index (χ4n) is 2.21. The van der Waals surface area contributed by atoms with Gasteiger partial charge in [0.15, 0.2) is 0 Å². The SMILES string of the molecule is CC(C)(C)OC(=O)N1CC[C@H](Oc2ccccc2)C(O)C1. The Bertz CT molecular complexity index is 469. The highest BCUT2D eigenvalue weighted by molar-refractivity contribution is 5.68. The minimum absolute atomic E-state index is 0.229. The van der Waals surface area contributed by atoms with E-state index in [9.17, 15) is 9.90 Å². The fraction of sp³-hybridized carbons (Fsp3) is 0.562. The summed E-state index contributed by atoms with van der Waals surface area (Å²) in [4.78, 5) is 13.5. The number of carbonyl (C=O) groups excluding carboxylic acids is 1. The Kier molecular flexibility index (Phi) is 4.73. The van der Waals surface area contributed by atoms with Crippen LogP contribution >= 0.6 is 0 Å². The third-order valence-electron chi connectivity index (χ3n) is 3.20. The van der Waals surface area contributed by atoms with Gasteiger partial charge in [-0.3, -0.25) is 0 Å². The second kappa shape index (κ2) is 6.35. The Balaban J connectivity index is 1.89. The Morgan fingerprint density at radius 1 is 1.29 bits per heavy atom. The van der Waals surface area contributed by atoms with E-state index in [-0.39, 0.29) is 18.7 Å². The van der Waals surface area contributed by atoms with Crippen LogP contribution in [-0.4, -0.2) is 47.0 Å². The number of piperidine rings is 1. The van der Waals surface area contributed by atoms with Gasteiger partial charge in [0.1, 0.15) is 23.6 Å². The Hall–Kier alpha value is -1.75. The van der Waals surface area contributed by atoms with Gasteiger partial charge >= 0.3 is 6.09 Å². The van der Waals surface area contributed by atoms with Crippen molar-refractivity contribution in [2.24, 2.45) is 0 Å². The fourth-order valence-corrected chi connectivity index (χ4v) is 2.21. The molecule has 1 heterocycles. The molecule has 1 fully saturated rings. The molecule has 5 heteroatoms. The van der Waals surface area contributed by atoms with Crippen molar-refractivity contribution in [2.45, 2.75) is 45.0 Å². The standard InChI is InChI=1S/C16H23NO4/c1-16(2,3)21-15(19)17-10-9-14(13(18)11-17)20-12-7-5-4-6-8-12/h4-8,13-14,18H,9-11H2,1-3H3/t13?,14-/m0/s1. The van der Waals surface area contributed by atoms with Gasteiger partial charge in [0.25, 0.3) is 0 Å². The lowest BCUT2D eigenvalue weighted by Crippen LogP contribution is -2.52. The van der Waals surface area contributed by atoms with Gasteiger partial charge in [-0.1, -0.05) is 18.2 Å². The van der Waals surface area contributed by atoms with Crippen LogP contribution in [0.3, 0.4) is 0 Å². The van der Waals surface area contributed by atoms with E-state index < -0.39 is 11.7 Å². The summed E-state index contributed by atoms with van der Waals surface area (Å²) in [7, 11) is 0. The van der Waals surface area contributed by atoms with Gasteiger partial charge in [0.2, 0.25) is 0 Å². The number of para-hydroxylation sites is 1. The van der Waals surface area contributed by atoms with Crippen molar-refractivity contribution in [1.82, 2.24) is 4.90 Å². The van der Waals surface area contributed by atoms with E-state index in [1.54, 1.807) is 0 Å². The molecule has 1 saturated heterocycles. The van der Waals surface area contributed by atoms with Crippen molar-refractivity contribution in [3.05, 3.63) is 30.3 Å². The number of benzene rings is 1. The predicted molar refractivity (Wildman–Crippen MR) is 79.3 cm³/mol. The lowest BCUT2D eigenvalue weighted by atomic mass is 10.1. The van der Waals surface area contributed by atoms with Crippen molar-refractivity contribution < 1.29 is 19.4 Å². The van der Waals surface area contributed by atoms with Crippen molar-refractivity contribution in [3.8, 4) is 5.75 Å². The normalized spacial score (nSPS) is 22.8. The molecule has 5 nitrogen and oxygen atoms in total. The number of aliphatic hydroxyl groups excluding tert-OH is 1. The summed E-state index contributed by atoms with van der Waals surface area (Å²) in [6.07, 6.45) is -0.827. The number of hydrogen-bond acceptors (Lipinski definition) is 4. The molecule has 0 aliphatic carbocycles. The maximum Gasteiger partial charge on any atom is 0.410 e. The number of ether oxygens (including phenoxy) is 2. The maximum atomic E-state index is 12.0. The molecule has 1 aliphatic heterocycles. The summed E-state index contributed by atoms with van der Waals surface area (Å²) in [5, 5.41) is 10.2. The molecule has 1 amide bonds. The molecule has 116 valence electrons. The van der Waals surface area contributed by atoms with Crippen LogP contribution in [0.5, 0.6) is 5.75 Å². The molecule has 1 aromatic carbocycles. The van der Waals surface area contributed by atoms with E-state index in [0.717, 1.165) is 5.75 Å². The average Bonchev–Trinajstić information content (AvgIpc) is 2.40. The number of amides is 1. The molecular formula is C16H23NO4. The smallest absolute Gasteiger partial charge is 0.410 e. The van der Waals surface area contributed by atoms with Crippen LogP contribution in [0, 0.1) is 0 Å². The van der Waals surface area contributed by atoms with Crippen LogP contribution in [-0.2, 0) is 4.74 Å². The number of hydrogen-bond donors (Lipinski definition) is 1. The van der Waals surface area contributed by atoms with E-state index in [4.69, 9.17) is 9.47 Å². The summed E-state index contributed by atoms with van der Waals surface area (Å²) in [6, 6.07) is 9.39. The first-order valence-electron chi connectivity index (χ1n) is 7.23. The molecule has 0 radical (unpaired) electrons. The number of likely N-dealkylation sites (tertiary alicyclic amines) is 1. The molecule has 1 unspecified atom stereocenters. The number of carbonyl (C=O) groups is 1. The Labute approximate surface area is 125 Å². The van der Waals surface area contributed by atoms with Crippen molar-refractivity contribution in [2.75, 3.05) is 13.1 Å². The van der Waals surface area contributed by atoms with E-state index in [2.05, 4.69) is 0 Å². The van der Waals surface area contributed by atoms with Crippen LogP contribution in [0.25, 0.3) is 0 Å². The first-order chi connectivity index (χ1) is 9.85. The van der Waals surface area contributed by atoms with Crippen molar-refractivity contribution in [1.29, 1.82) is 0 Å². The molecule has 0 spiro atoms. The molecule has 0 bridgehead atoms. The molecule has 0 saturated carbocycles. The molecule has 1 aliphatic rings. The van der Waals surface area contributed by atoms with Gasteiger partial charge in [0, 0.05) is 13.0 Å².